The number of nitrogens with one attached hydrogen (secondary N) is 1. The van der Waals surface area contributed by atoms with Crippen LogP contribution in [0.15, 0.2) is 36.1 Å². The van der Waals surface area contributed by atoms with Crippen molar-refractivity contribution in [2.45, 2.75) is 78.4 Å². The monoisotopic (exact) mass is 486 g/mol. The number of carbonyl (C=O) groups excluding carboxylic acids is 2. The number of hydrogen-bond acceptors (Lipinski definition) is 4. The van der Waals surface area contributed by atoms with E-state index in [0.29, 0.717) is 18.2 Å². The van der Waals surface area contributed by atoms with Crippen LogP contribution in [0.1, 0.15) is 71.8 Å². The fourth-order valence-corrected chi connectivity index (χ4v) is 5.87. The Morgan fingerprint density at radius 1 is 1.18 bits per heavy atom. The van der Waals surface area contributed by atoms with E-state index in [9.17, 15) is 9.59 Å². The third kappa shape index (κ3) is 7.53. The van der Waals surface area contributed by atoms with E-state index < -0.39 is 0 Å². The molecule has 2 fully saturated rings. The first-order valence-electron chi connectivity index (χ1n) is 12.9. The van der Waals surface area contributed by atoms with Gasteiger partial charge in [0.15, 0.2) is 5.76 Å². The third-order valence-electron chi connectivity index (χ3n) is 6.97. The summed E-state index contributed by atoms with van der Waals surface area (Å²) in [6.45, 7) is 9.74. The predicted molar refractivity (Wildman–Crippen MR) is 141 cm³/mol. The Kier molecular flexibility index (Phi) is 9.93. The minimum absolute atomic E-state index is 0.0611. The normalized spacial score (nSPS) is 24.0. The molecule has 2 amide bonds. The van der Waals surface area contributed by atoms with Gasteiger partial charge in [-0.3, -0.25) is 9.59 Å². The third-order valence-corrected chi connectivity index (χ3v) is 8.13. The van der Waals surface area contributed by atoms with Crippen LogP contribution in [0.3, 0.4) is 0 Å². The average molecular weight is 487 g/mol. The van der Waals surface area contributed by atoms with E-state index in [1.54, 1.807) is 4.90 Å². The minimum Gasteiger partial charge on any atom is -0.482 e. The Morgan fingerprint density at radius 2 is 1.91 bits per heavy atom. The van der Waals surface area contributed by atoms with Crippen molar-refractivity contribution in [3.05, 3.63) is 41.7 Å². The number of fused-ring (bicyclic) bond motifs is 1. The molecule has 34 heavy (non-hydrogen) atoms. The molecule has 3 atom stereocenters. The van der Waals surface area contributed by atoms with Crippen LogP contribution < -0.4 is 5.32 Å². The molecule has 188 valence electrons. The number of nitrogens with zero attached hydrogens (tertiary/aromatic N) is 1. The molecule has 1 N–H and O–H groups in total. The van der Waals surface area contributed by atoms with Crippen LogP contribution in [0.5, 0.6) is 0 Å². The summed E-state index contributed by atoms with van der Waals surface area (Å²) >= 11 is 1.94. The summed E-state index contributed by atoms with van der Waals surface area (Å²) in [7, 11) is 0. The molecule has 6 heteroatoms. The first-order chi connectivity index (χ1) is 16.3. The van der Waals surface area contributed by atoms with E-state index in [1.165, 1.54) is 18.6 Å². The van der Waals surface area contributed by atoms with E-state index in [0.717, 1.165) is 37.0 Å². The van der Waals surface area contributed by atoms with Crippen molar-refractivity contribution < 1.29 is 14.3 Å². The van der Waals surface area contributed by atoms with Crippen molar-refractivity contribution >= 4 is 29.7 Å². The Morgan fingerprint density at radius 3 is 2.62 bits per heavy atom. The van der Waals surface area contributed by atoms with E-state index in [4.69, 9.17) is 4.74 Å². The van der Waals surface area contributed by atoms with Gasteiger partial charge in [0.1, 0.15) is 12.6 Å². The minimum atomic E-state index is -0.176. The van der Waals surface area contributed by atoms with Crippen LogP contribution in [-0.4, -0.2) is 53.5 Å². The van der Waals surface area contributed by atoms with Crippen molar-refractivity contribution in [2.75, 3.05) is 24.6 Å². The molecule has 1 aliphatic heterocycles. The van der Waals surface area contributed by atoms with Gasteiger partial charge in [-0.15, -0.1) is 0 Å². The summed E-state index contributed by atoms with van der Waals surface area (Å²) in [5.74, 6) is 2.83. The molecular weight excluding hydrogens is 444 g/mol. The first-order valence-corrected chi connectivity index (χ1v) is 14.0. The fraction of sp³-hybridized carbons (Fsp3) is 0.643. The Hall–Kier alpha value is -1.95. The average Bonchev–Trinajstić information content (AvgIpc) is 2.81. The molecule has 0 bridgehead atoms. The summed E-state index contributed by atoms with van der Waals surface area (Å²) in [5.41, 5.74) is 1.09. The number of benzene rings is 1. The SMILES string of the molecule is CCCCSCCCNC(=O)CN1C(=O)/C(=C/c2ccccc2)OC2CCC(C(C)(C)C)CC21. The molecule has 5 nitrogen and oxygen atoms in total. The highest BCUT2D eigenvalue weighted by Gasteiger charge is 2.46. The van der Waals surface area contributed by atoms with Gasteiger partial charge in [-0.1, -0.05) is 64.4 Å². The van der Waals surface area contributed by atoms with Gasteiger partial charge in [-0.05, 0) is 66.6 Å². The lowest BCUT2D eigenvalue weighted by atomic mass is 9.69. The zero-order chi connectivity index (χ0) is 24.6. The van der Waals surface area contributed by atoms with Crippen molar-refractivity contribution in [3.8, 4) is 0 Å². The molecular formula is C28H42N2O3S. The van der Waals surface area contributed by atoms with Gasteiger partial charge < -0.3 is 15.0 Å². The van der Waals surface area contributed by atoms with Gasteiger partial charge in [0.05, 0.1) is 6.04 Å². The van der Waals surface area contributed by atoms with Gasteiger partial charge in [0.2, 0.25) is 5.91 Å². The molecule has 0 aromatic heterocycles. The number of hydrogen-bond donors (Lipinski definition) is 1. The molecule has 0 spiro atoms. The number of unbranched alkanes of at least 4 members (excludes halogenated alkanes) is 1. The van der Waals surface area contributed by atoms with Gasteiger partial charge in [0.25, 0.3) is 5.91 Å². The lowest BCUT2D eigenvalue weighted by Crippen LogP contribution is -2.58. The van der Waals surface area contributed by atoms with Crippen molar-refractivity contribution in [1.29, 1.82) is 0 Å². The highest BCUT2D eigenvalue weighted by Crippen LogP contribution is 2.42. The molecule has 1 aromatic rings. The maximum absolute atomic E-state index is 13.5. The number of ether oxygens (including phenoxy) is 1. The van der Waals surface area contributed by atoms with Crippen molar-refractivity contribution in [3.63, 3.8) is 0 Å². The van der Waals surface area contributed by atoms with Crippen LogP contribution >= 0.6 is 11.8 Å². The van der Waals surface area contributed by atoms with Gasteiger partial charge in [-0.2, -0.15) is 11.8 Å². The molecule has 1 heterocycles. The molecule has 1 saturated carbocycles. The highest BCUT2D eigenvalue weighted by atomic mass is 32.2. The lowest BCUT2D eigenvalue weighted by molar-refractivity contribution is -0.154. The summed E-state index contributed by atoms with van der Waals surface area (Å²) in [6.07, 6.45) is 8.02. The predicted octanol–water partition coefficient (Wildman–Crippen LogP) is 5.51. The lowest BCUT2D eigenvalue weighted by Gasteiger charge is -2.48. The number of thioether (sulfide) groups is 1. The maximum Gasteiger partial charge on any atom is 0.289 e. The van der Waals surface area contributed by atoms with Gasteiger partial charge >= 0.3 is 0 Å². The van der Waals surface area contributed by atoms with E-state index in [2.05, 4.69) is 33.0 Å². The Bertz CT molecular complexity index is 834. The standard InChI is InChI=1S/C28H42N2O3S/c1-5-6-16-34-17-10-15-29-26(31)20-30-23-19-22(28(2,3)4)13-14-24(23)33-25(27(30)32)18-21-11-8-7-9-12-21/h7-9,11-12,18,22-24H,5-6,10,13-17,19-20H2,1-4H3,(H,29,31)/b25-18-. The number of amides is 2. The zero-order valence-corrected chi connectivity index (χ0v) is 22.2. The zero-order valence-electron chi connectivity index (χ0n) is 21.3. The van der Waals surface area contributed by atoms with Crippen LogP contribution in [0.2, 0.25) is 0 Å². The number of carbonyl (C=O) groups is 2. The van der Waals surface area contributed by atoms with Gasteiger partial charge in [-0.25, -0.2) is 0 Å². The van der Waals surface area contributed by atoms with Crippen molar-refractivity contribution in [1.82, 2.24) is 10.2 Å². The summed E-state index contributed by atoms with van der Waals surface area (Å²) in [6, 6.07) is 9.71. The van der Waals surface area contributed by atoms with Crippen molar-refractivity contribution in [2.24, 2.45) is 11.3 Å². The molecule has 1 aromatic carbocycles. The fourth-order valence-electron chi connectivity index (χ4n) is 4.82. The van der Waals surface area contributed by atoms with Crippen LogP contribution in [-0.2, 0) is 14.3 Å². The second kappa shape index (κ2) is 12.7. The maximum atomic E-state index is 13.5. The molecule has 3 rings (SSSR count). The van der Waals surface area contributed by atoms with E-state index >= 15 is 0 Å². The summed E-state index contributed by atoms with van der Waals surface area (Å²) in [5, 5.41) is 3.04. The second-order valence-corrected chi connectivity index (χ2v) is 11.8. The first kappa shape index (κ1) is 26.7. The highest BCUT2D eigenvalue weighted by molar-refractivity contribution is 7.99. The molecule has 2 aliphatic rings. The quantitative estimate of drug-likeness (QED) is 0.350. The largest absolute Gasteiger partial charge is 0.482 e. The number of rotatable bonds is 10. The summed E-state index contributed by atoms with van der Waals surface area (Å²) < 4.78 is 6.26. The van der Waals surface area contributed by atoms with Crippen LogP contribution in [0.4, 0.5) is 0 Å². The van der Waals surface area contributed by atoms with Crippen LogP contribution in [0.25, 0.3) is 6.08 Å². The smallest absolute Gasteiger partial charge is 0.289 e. The Balaban J connectivity index is 1.67. The second-order valence-electron chi connectivity index (χ2n) is 10.6. The van der Waals surface area contributed by atoms with Gasteiger partial charge in [0, 0.05) is 6.54 Å². The molecule has 3 unspecified atom stereocenters. The molecule has 1 aliphatic carbocycles. The van der Waals surface area contributed by atoms with E-state index in [-0.39, 0.29) is 35.9 Å². The van der Waals surface area contributed by atoms with Crippen LogP contribution in [0, 0.1) is 11.3 Å². The summed E-state index contributed by atoms with van der Waals surface area (Å²) in [4.78, 5) is 28.1. The molecule has 1 saturated heterocycles. The topological polar surface area (TPSA) is 58.6 Å². The number of morpholine rings is 1. The molecule has 0 radical (unpaired) electrons. The Labute approximate surface area is 210 Å². The van der Waals surface area contributed by atoms with E-state index in [1.807, 2.05) is 48.2 Å².